The number of rotatable bonds is 1. The summed E-state index contributed by atoms with van der Waals surface area (Å²) in [7, 11) is 1.76. The first kappa shape index (κ1) is 6.62. The van der Waals surface area contributed by atoms with Gasteiger partial charge in [-0.2, -0.15) is 0 Å². The van der Waals surface area contributed by atoms with Gasteiger partial charge in [0.15, 0.2) is 0 Å². The Labute approximate surface area is 61.2 Å². The number of hydrogen-bond donors (Lipinski definition) is 1. The zero-order chi connectivity index (χ0) is 7.14. The molecule has 2 bridgehead atoms. The molecule has 4 atom stereocenters. The summed E-state index contributed by atoms with van der Waals surface area (Å²) in [6.07, 6.45) is 3.71. The van der Waals surface area contributed by atoms with Gasteiger partial charge in [-0.25, -0.2) is 0 Å². The molecule has 0 spiro atoms. The van der Waals surface area contributed by atoms with E-state index in [0.717, 1.165) is 6.42 Å². The largest absolute Gasteiger partial charge is 0.393 e. The zero-order valence-corrected chi connectivity index (χ0v) is 6.29. The van der Waals surface area contributed by atoms with Crippen LogP contribution in [0.3, 0.4) is 0 Å². The average molecular weight is 142 g/mol. The fourth-order valence-electron chi connectivity index (χ4n) is 2.60. The standard InChI is InChI=1S/C8H14O2/c1-10-8-5-2-3-6(8)7(9)4-5/h5-9H,2-4H2,1H3/t5-,6-,7+,8-/m0/s1. The smallest absolute Gasteiger partial charge is 0.0653 e. The first-order valence-electron chi connectivity index (χ1n) is 4.04. The Morgan fingerprint density at radius 3 is 2.50 bits per heavy atom. The molecule has 2 nitrogen and oxygen atoms in total. The maximum absolute atomic E-state index is 9.44. The number of fused-ring (bicyclic) bond motifs is 2. The van der Waals surface area contributed by atoms with E-state index in [-0.39, 0.29) is 6.10 Å². The van der Waals surface area contributed by atoms with Gasteiger partial charge in [-0.15, -0.1) is 0 Å². The number of methoxy groups -OCH3 is 1. The first-order chi connectivity index (χ1) is 4.83. The van der Waals surface area contributed by atoms with Crippen molar-refractivity contribution in [3.63, 3.8) is 0 Å². The quantitative estimate of drug-likeness (QED) is 0.586. The van der Waals surface area contributed by atoms with E-state index in [9.17, 15) is 5.11 Å². The summed E-state index contributed by atoms with van der Waals surface area (Å²) < 4.78 is 5.31. The van der Waals surface area contributed by atoms with Gasteiger partial charge in [0.1, 0.15) is 0 Å². The van der Waals surface area contributed by atoms with Gasteiger partial charge in [0.2, 0.25) is 0 Å². The maximum Gasteiger partial charge on any atom is 0.0653 e. The van der Waals surface area contributed by atoms with Crippen LogP contribution in [0, 0.1) is 11.8 Å². The highest BCUT2D eigenvalue weighted by Gasteiger charge is 2.47. The molecule has 0 heterocycles. The van der Waals surface area contributed by atoms with Gasteiger partial charge >= 0.3 is 0 Å². The van der Waals surface area contributed by atoms with Gasteiger partial charge in [0.05, 0.1) is 12.2 Å². The van der Waals surface area contributed by atoms with Crippen molar-refractivity contribution in [2.75, 3.05) is 7.11 Å². The Morgan fingerprint density at radius 1 is 1.40 bits per heavy atom. The van der Waals surface area contributed by atoms with E-state index < -0.39 is 0 Å². The molecule has 2 saturated carbocycles. The van der Waals surface area contributed by atoms with E-state index in [0.29, 0.717) is 17.9 Å². The lowest BCUT2D eigenvalue weighted by Crippen LogP contribution is -2.21. The highest BCUT2D eigenvalue weighted by molar-refractivity contribution is 4.97. The summed E-state index contributed by atoms with van der Waals surface area (Å²) in [5, 5.41) is 9.44. The van der Waals surface area contributed by atoms with Crippen molar-refractivity contribution < 1.29 is 9.84 Å². The Kier molecular flexibility index (Phi) is 1.46. The third-order valence-electron chi connectivity index (χ3n) is 3.07. The highest BCUT2D eigenvalue weighted by atomic mass is 16.5. The van der Waals surface area contributed by atoms with E-state index in [1.165, 1.54) is 12.8 Å². The van der Waals surface area contributed by atoms with Gasteiger partial charge in [-0.05, 0) is 25.2 Å². The van der Waals surface area contributed by atoms with E-state index in [4.69, 9.17) is 4.74 Å². The van der Waals surface area contributed by atoms with Gasteiger partial charge in [-0.1, -0.05) is 0 Å². The number of hydrogen-bond acceptors (Lipinski definition) is 2. The van der Waals surface area contributed by atoms with Crippen molar-refractivity contribution in [2.24, 2.45) is 11.8 Å². The monoisotopic (exact) mass is 142 g/mol. The van der Waals surface area contributed by atoms with Crippen molar-refractivity contribution in [3.8, 4) is 0 Å². The van der Waals surface area contributed by atoms with E-state index >= 15 is 0 Å². The second-order valence-corrected chi connectivity index (χ2v) is 3.50. The minimum Gasteiger partial charge on any atom is -0.393 e. The summed E-state index contributed by atoms with van der Waals surface area (Å²) in [4.78, 5) is 0. The SMILES string of the molecule is CO[C@H]1[C@H]2CC[C@H]1[C@H](O)C2. The lowest BCUT2D eigenvalue weighted by atomic mass is 9.98. The van der Waals surface area contributed by atoms with Crippen LogP contribution >= 0.6 is 0 Å². The summed E-state index contributed by atoms with van der Waals surface area (Å²) in [5.41, 5.74) is 0. The molecule has 2 heteroatoms. The van der Waals surface area contributed by atoms with Crippen molar-refractivity contribution in [1.82, 2.24) is 0 Å². The van der Waals surface area contributed by atoms with Crippen LogP contribution in [0.2, 0.25) is 0 Å². The van der Waals surface area contributed by atoms with Gasteiger partial charge in [-0.3, -0.25) is 0 Å². The predicted octanol–water partition coefficient (Wildman–Crippen LogP) is 0.792. The molecule has 2 aliphatic carbocycles. The molecular weight excluding hydrogens is 128 g/mol. The molecule has 0 aromatic rings. The fraction of sp³-hybridized carbons (Fsp3) is 1.00. The molecule has 2 rings (SSSR count). The second-order valence-electron chi connectivity index (χ2n) is 3.50. The van der Waals surface area contributed by atoms with Crippen molar-refractivity contribution in [2.45, 2.75) is 31.5 Å². The summed E-state index contributed by atoms with van der Waals surface area (Å²) in [6, 6.07) is 0. The molecule has 0 amide bonds. The van der Waals surface area contributed by atoms with Gasteiger partial charge in [0.25, 0.3) is 0 Å². The van der Waals surface area contributed by atoms with Crippen molar-refractivity contribution in [1.29, 1.82) is 0 Å². The van der Waals surface area contributed by atoms with Crippen molar-refractivity contribution in [3.05, 3.63) is 0 Å². The molecule has 10 heavy (non-hydrogen) atoms. The Hall–Kier alpha value is -0.0800. The molecule has 0 radical (unpaired) electrons. The zero-order valence-electron chi connectivity index (χ0n) is 6.29. The minimum atomic E-state index is -0.0660. The fourth-order valence-corrected chi connectivity index (χ4v) is 2.60. The lowest BCUT2D eigenvalue weighted by Gasteiger charge is -2.15. The normalized spacial score (nSPS) is 52.2. The first-order valence-corrected chi connectivity index (χ1v) is 4.04. The molecule has 58 valence electrons. The maximum atomic E-state index is 9.44. The summed E-state index contributed by atoms with van der Waals surface area (Å²) in [5.74, 6) is 1.11. The van der Waals surface area contributed by atoms with Gasteiger partial charge in [0, 0.05) is 13.0 Å². The van der Waals surface area contributed by atoms with Crippen LogP contribution in [-0.4, -0.2) is 24.4 Å². The highest BCUT2D eigenvalue weighted by Crippen LogP contribution is 2.46. The molecule has 1 N–H and O–H groups in total. The van der Waals surface area contributed by atoms with Gasteiger partial charge < -0.3 is 9.84 Å². The topological polar surface area (TPSA) is 29.5 Å². The lowest BCUT2D eigenvalue weighted by molar-refractivity contribution is 0.0400. The third kappa shape index (κ3) is 0.722. The third-order valence-corrected chi connectivity index (χ3v) is 3.07. The number of aliphatic hydroxyl groups excluding tert-OH is 1. The Bertz CT molecular complexity index is 135. The van der Waals surface area contributed by atoms with E-state index in [2.05, 4.69) is 0 Å². The van der Waals surface area contributed by atoms with E-state index in [1.54, 1.807) is 7.11 Å². The number of ether oxygens (including phenoxy) is 1. The Balaban J connectivity index is 2.11. The minimum absolute atomic E-state index is 0.0660. The summed E-state index contributed by atoms with van der Waals surface area (Å²) in [6.45, 7) is 0. The van der Waals surface area contributed by atoms with Crippen LogP contribution in [0.25, 0.3) is 0 Å². The molecular formula is C8H14O2. The van der Waals surface area contributed by atoms with E-state index in [1.807, 2.05) is 0 Å². The molecule has 2 fully saturated rings. The predicted molar refractivity (Wildman–Crippen MR) is 37.6 cm³/mol. The van der Waals surface area contributed by atoms with Crippen LogP contribution in [-0.2, 0) is 4.74 Å². The molecule has 0 saturated heterocycles. The second kappa shape index (κ2) is 2.21. The summed E-state index contributed by atoms with van der Waals surface area (Å²) >= 11 is 0. The van der Waals surface area contributed by atoms with Crippen LogP contribution in [0.4, 0.5) is 0 Å². The van der Waals surface area contributed by atoms with Crippen molar-refractivity contribution >= 4 is 0 Å². The van der Waals surface area contributed by atoms with Crippen LogP contribution < -0.4 is 0 Å². The van der Waals surface area contributed by atoms with Crippen LogP contribution in [0.5, 0.6) is 0 Å². The molecule has 0 unspecified atom stereocenters. The number of aliphatic hydroxyl groups is 1. The average Bonchev–Trinajstić information content (AvgIpc) is 2.42. The van der Waals surface area contributed by atoms with Crippen LogP contribution in [0.15, 0.2) is 0 Å². The molecule has 0 aromatic heterocycles. The molecule has 0 aliphatic heterocycles. The molecule has 2 aliphatic rings. The molecule has 0 aromatic carbocycles. The Morgan fingerprint density at radius 2 is 2.20 bits per heavy atom. The van der Waals surface area contributed by atoms with Crippen LogP contribution in [0.1, 0.15) is 19.3 Å².